The van der Waals surface area contributed by atoms with Crippen LogP contribution in [0.4, 0.5) is 0 Å². The van der Waals surface area contributed by atoms with Gasteiger partial charge in [0.2, 0.25) is 5.88 Å². The maximum atomic E-state index is 12.5. The third kappa shape index (κ3) is 7.00. The zero-order valence-electron chi connectivity index (χ0n) is 23.7. The van der Waals surface area contributed by atoms with Gasteiger partial charge in [0, 0.05) is 22.7 Å². The predicted molar refractivity (Wildman–Crippen MR) is 165 cm³/mol. The summed E-state index contributed by atoms with van der Waals surface area (Å²) in [5.41, 5.74) is 10.9. The second kappa shape index (κ2) is 13.2. The largest absolute Gasteiger partial charge is 0.490 e. The molecule has 2 N–H and O–H groups in total. The zero-order chi connectivity index (χ0) is 30.3. The maximum absolute atomic E-state index is 12.5. The van der Waals surface area contributed by atoms with E-state index >= 15 is 0 Å². The highest BCUT2D eigenvalue weighted by atomic mass is 35.5. The van der Waals surface area contributed by atoms with Gasteiger partial charge < -0.3 is 24.7 Å². The number of hydrogen-bond donors (Lipinski definition) is 1. The van der Waals surface area contributed by atoms with Crippen LogP contribution in [-0.4, -0.2) is 12.6 Å². The molecule has 0 saturated heterocycles. The highest BCUT2D eigenvalue weighted by Crippen LogP contribution is 2.45. The fraction of sp³-hybridized carbons (Fsp3) is 0.143. The lowest BCUT2D eigenvalue weighted by Crippen LogP contribution is -2.21. The van der Waals surface area contributed by atoms with E-state index in [4.69, 9.17) is 36.3 Å². The van der Waals surface area contributed by atoms with Crippen LogP contribution in [0.5, 0.6) is 23.0 Å². The first-order valence-corrected chi connectivity index (χ1v) is 14.0. The van der Waals surface area contributed by atoms with Crippen molar-refractivity contribution in [3.05, 3.63) is 135 Å². The fourth-order valence-electron chi connectivity index (χ4n) is 4.67. The Hall–Kier alpha value is -5.19. The van der Waals surface area contributed by atoms with Crippen molar-refractivity contribution in [2.24, 2.45) is 5.73 Å². The minimum Gasteiger partial charge on any atom is -0.490 e. The quantitative estimate of drug-likeness (QED) is 0.122. The van der Waals surface area contributed by atoms with Gasteiger partial charge in [0.1, 0.15) is 29.7 Å². The molecule has 0 radical (unpaired) electrons. The van der Waals surface area contributed by atoms with Gasteiger partial charge in [-0.3, -0.25) is 0 Å². The SMILES string of the molecule is CCOc1cc(C2C(C#N)=C(N)Oc3cc(OC(=O)/C=C/c4ccc(Cl)cc4)ccc32)ccc1OCc1ccc(C)cc1. The second-order valence-electron chi connectivity index (χ2n) is 9.84. The summed E-state index contributed by atoms with van der Waals surface area (Å²) in [4.78, 5) is 12.5. The first-order valence-electron chi connectivity index (χ1n) is 13.7. The average Bonchev–Trinajstić information content (AvgIpc) is 3.00. The molecule has 1 unspecified atom stereocenters. The number of nitriles is 1. The Labute approximate surface area is 255 Å². The van der Waals surface area contributed by atoms with Gasteiger partial charge >= 0.3 is 5.97 Å². The van der Waals surface area contributed by atoms with E-state index in [-0.39, 0.29) is 17.2 Å². The second-order valence-corrected chi connectivity index (χ2v) is 10.3. The van der Waals surface area contributed by atoms with Gasteiger partial charge in [0.25, 0.3) is 0 Å². The first kappa shape index (κ1) is 29.3. The third-order valence-electron chi connectivity index (χ3n) is 6.81. The molecule has 0 amide bonds. The summed E-state index contributed by atoms with van der Waals surface area (Å²) < 4.78 is 23.3. The van der Waals surface area contributed by atoms with Gasteiger partial charge in [-0.1, -0.05) is 65.7 Å². The minimum absolute atomic E-state index is 0.0243. The maximum Gasteiger partial charge on any atom is 0.336 e. The number of fused-ring (bicyclic) bond motifs is 1. The zero-order valence-corrected chi connectivity index (χ0v) is 24.4. The van der Waals surface area contributed by atoms with Crippen LogP contribution in [0, 0.1) is 18.3 Å². The molecule has 5 rings (SSSR count). The lowest BCUT2D eigenvalue weighted by atomic mass is 9.83. The van der Waals surface area contributed by atoms with Crippen LogP contribution in [0.25, 0.3) is 6.08 Å². The number of nitrogens with zero attached hydrogens (tertiary/aromatic N) is 1. The van der Waals surface area contributed by atoms with E-state index in [1.165, 1.54) is 11.6 Å². The van der Waals surface area contributed by atoms with Crippen LogP contribution in [0.15, 0.2) is 102 Å². The van der Waals surface area contributed by atoms with E-state index in [1.807, 2.05) is 56.3 Å². The highest BCUT2D eigenvalue weighted by molar-refractivity contribution is 6.30. The Kier molecular flexibility index (Phi) is 8.99. The minimum atomic E-state index is -0.564. The summed E-state index contributed by atoms with van der Waals surface area (Å²) >= 11 is 5.91. The number of rotatable bonds is 9. The molecule has 4 aromatic rings. The lowest BCUT2D eigenvalue weighted by Gasteiger charge is -2.27. The van der Waals surface area contributed by atoms with Crippen molar-refractivity contribution in [1.82, 2.24) is 0 Å². The normalized spacial score (nSPS) is 14.0. The van der Waals surface area contributed by atoms with Gasteiger partial charge in [-0.15, -0.1) is 0 Å². The van der Waals surface area contributed by atoms with Crippen molar-refractivity contribution in [1.29, 1.82) is 5.26 Å². The number of halogens is 1. The smallest absolute Gasteiger partial charge is 0.336 e. The Morgan fingerprint density at radius 2 is 1.77 bits per heavy atom. The summed E-state index contributed by atoms with van der Waals surface area (Å²) in [6, 6.07) is 28.0. The molecule has 1 aliphatic rings. The highest BCUT2D eigenvalue weighted by Gasteiger charge is 2.31. The molecule has 0 aliphatic carbocycles. The molecule has 43 heavy (non-hydrogen) atoms. The topological polar surface area (TPSA) is 104 Å². The number of aryl methyl sites for hydroxylation is 1. The number of carbonyl (C=O) groups is 1. The van der Waals surface area contributed by atoms with Crippen molar-refractivity contribution in [2.75, 3.05) is 6.61 Å². The standard InChI is InChI=1S/C35H29ClN2O5/c1-3-40-32-18-25(11-16-30(32)41-21-24-6-4-22(2)5-7-24)34-28-15-14-27(19-31(28)43-35(38)29(34)20-37)42-33(39)17-10-23-8-12-26(36)13-9-23/h4-19,34H,3,21,38H2,1-2H3/b17-10+. The number of hydrogen-bond acceptors (Lipinski definition) is 7. The molecule has 216 valence electrons. The molecular formula is C35H29ClN2O5. The summed E-state index contributed by atoms with van der Waals surface area (Å²) in [6.07, 6.45) is 2.96. The van der Waals surface area contributed by atoms with Crippen LogP contribution in [0.1, 0.15) is 40.7 Å². The van der Waals surface area contributed by atoms with Crippen molar-refractivity contribution in [3.8, 4) is 29.1 Å². The Balaban J connectivity index is 1.39. The van der Waals surface area contributed by atoms with Gasteiger partial charge in [0.15, 0.2) is 11.5 Å². The molecule has 0 fully saturated rings. The fourth-order valence-corrected chi connectivity index (χ4v) is 4.79. The van der Waals surface area contributed by atoms with Crippen LogP contribution >= 0.6 is 11.6 Å². The molecule has 0 bridgehead atoms. The molecule has 0 aromatic heterocycles. The summed E-state index contributed by atoms with van der Waals surface area (Å²) in [7, 11) is 0. The number of carbonyl (C=O) groups excluding carboxylic acids is 1. The number of benzene rings is 4. The molecule has 0 saturated carbocycles. The van der Waals surface area contributed by atoms with E-state index in [9.17, 15) is 10.1 Å². The van der Waals surface area contributed by atoms with Crippen LogP contribution in [-0.2, 0) is 11.4 Å². The molecular weight excluding hydrogens is 564 g/mol. The predicted octanol–water partition coefficient (Wildman–Crippen LogP) is 7.46. The van der Waals surface area contributed by atoms with Crippen LogP contribution < -0.4 is 24.7 Å². The van der Waals surface area contributed by atoms with E-state index in [0.717, 1.165) is 16.7 Å². The van der Waals surface area contributed by atoms with Crippen molar-refractivity contribution < 1.29 is 23.7 Å². The van der Waals surface area contributed by atoms with E-state index in [1.54, 1.807) is 48.5 Å². The Bertz CT molecular complexity index is 1740. The Morgan fingerprint density at radius 1 is 1.00 bits per heavy atom. The lowest BCUT2D eigenvalue weighted by molar-refractivity contribution is -0.128. The first-order chi connectivity index (χ1) is 20.8. The number of ether oxygens (including phenoxy) is 4. The van der Waals surface area contributed by atoms with Crippen LogP contribution in [0.2, 0.25) is 5.02 Å². The molecule has 1 atom stereocenters. The van der Waals surface area contributed by atoms with Gasteiger partial charge in [-0.2, -0.15) is 5.26 Å². The summed E-state index contributed by atoms with van der Waals surface area (Å²) in [5.74, 6) is 0.665. The number of allylic oxidation sites excluding steroid dienone is 1. The monoisotopic (exact) mass is 592 g/mol. The summed E-state index contributed by atoms with van der Waals surface area (Å²) in [6.45, 7) is 4.74. The van der Waals surface area contributed by atoms with Gasteiger partial charge in [0.05, 0.1) is 12.5 Å². The van der Waals surface area contributed by atoms with E-state index < -0.39 is 11.9 Å². The van der Waals surface area contributed by atoms with E-state index in [0.29, 0.717) is 41.0 Å². The number of esters is 1. The molecule has 1 heterocycles. The Morgan fingerprint density at radius 3 is 2.49 bits per heavy atom. The molecule has 7 nitrogen and oxygen atoms in total. The molecule has 0 spiro atoms. The molecule has 4 aromatic carbocycles. The molecule has 8 heteroatoms. The molecule has 1 aliphatic heterocycles. The van der Waals surface area contributed by atoms with Gasteiger partial charge in [-0.25, -0.2) is 4.79 Å². The van der Waals surface area contributed by atoms with Crippen LogP contribution in [0.3, 0.4) is 0 Å². The van der Waals surface area contributed by atoms with Crippen molar-refractivity contribution in [3.63, 3.8) is 0 Å². The van der Waals surface area contributed by atoms with Crippen molar-refractivity contribution >= 4 is 23.6 Å². The average molecular weight is 593 g/mol. The van der Waals surface area contributed by atoms with Gasteiger partial charge in [-0.05, 0) is 66.9 Å². The van der Waals surface area contributed by atoms with Crippen molar-refractivity contribution in [2.45, 2.75) is 26.4 Å². The summed E-state index contributed by atoms with van der Waals surface area (Å²) in [5, 5.41) is 10.6. The van der Waals surface area contributed by atoms with E-state index in [2.05, 4.69) is 6.07 Å². The third-order valence-corrected chi connectivity index (χ3v) is 7.06. The number of nitrogens with two attached hydrogens (primary N) is 1.